The van der Waals surface area contributed by atoms with Crippen molar-refractivity contribution in [2.24, 2.45) is 0 Å². The molecule has 0 atom stereocenters. The molecule has 106 valence electrons. The van der Waals surface area contributed by atoms with Gasteiger partial charge in [-0.3, -0.25) is 0 Å². The molecule has 0 saturated carbocycles. The number of carboxylic acids is 1. The van der Waals surface area contributed by atoms with Gasteiger partial charge in [-0.25, -0.2) is 17.9 Å². The van der Waals surface area contributed by atoms with Gasteiger partial charge in [-0.2, -0.15) is 13.2 Å². The first kappa shape index (κ1) is 15.4. The van der Waals surface area contributed by atoms with Crippen molar-refractivity contribution in [1.82, 2.24) is 4.72 Å². The van der Waals surface area contributed by atoms with Gasteiger partial charge >= 0.3 is 12.1 Å². The van der Waals surface area contributed by atoms with E-state index in [-0.39, 0.29) is 11.1 Å². The number of benzene rings is 1. The number of carboxylic acid groups (broad SMARTS) is 1. The lowest BCUT2D eigenvalue weighted by atomic mass is 10.1. The van der Waals surface area contributed by atoms with Crippen LogP contribution in [-0.2, 0) is 10.0 Å². The van der Waals surface area contributed by atoms with Crippen LogP contribution < -0.4 is 4.72 Å². The summed E-state index contributed by atoms with van der Waals surface area (Å²) in [4.78, 5) is 10.2. The maximum atomic E-state index is 12.0. The smallest absolute Gasteiger partial charge is 0.402 e. The standard InChI is InChI=1S/C10H10F3NO4S/c1-6-2-3-7(9(15)16)4-8(6)19(17,18)14-5-10(11,12)13/h2-4,14H,5H2,1H3,(H,15,16). The van der Waals surface area contributed by atoms with Gasteiger partial charge in [0.05, 0.1) is 10.5 Å². The van der Waals surface area contributed by atoms with E-state index in [1.165, 1.54) is 23.8 Å². The van der Waals surface area contributed by atoms with Crippen molar-refractivity contribution in [2.45, 2.75) is 18.0 Å². The molecule has 19 heavy (non-hydrogen) atoms. The fourth-order valence-corrected chi connectivity index (χ4v) is 2.56. The molecular formula is C10H10F3NO4S. The van der Waals surface area contributed by atoms with Crippen molar-refractivity contribution >= 4 is 16.0 Å². The zero-order valence-electron chi connectivity index (χ0n) is 9.65. The minimum atomic E-state index is -4.69. The van der Waals surface area contributed by atoms with Crippen LogP contribution in [0.1, 0.15) is 15.9 Å². The number of hydrogen-bond acceptors (Lipinski definition) is 3. The molecule has 0 heterocycles. The maximum Gasteiger partial charge on any atom is 0.402 e. The molecule has 1 aromatic carbocycles. The second-order valence-electron chi connectivity index (χ2n) is 3.73. The Morgan fingerprint density at radius 3 is 2.42 bits per heavy atom. The summed E-state index contributed by atoms with van der Waals surface area (Å²) in [7, 11) is -4.41. The number of hydrogen-bond donors (Lipinski definition) is 2. The van der Waals surface area contributed by atoms with Gasteiger partial charge in [0.2, 0.25) is 10.0 Å². The van der Waals surface area contributed by atoms with Crippen LogP contribution in [0.4, 0.5) is 13.2 Å². The second-order valence-corrected chi connectivity index (χ2v) is 5.46. The monoisotopic (exact) mass is 297 g/mol. The van der Waals surface area contributed by atoms with Crippen LogP contribution in [0.15, 0.2) is 23.1 Å². The Bertz CT molecular complexity index is 595. The fourth-order valence-electron chi connectivity index (χ4n) is 1.28. The van der Waals surface area contributed by atoms with E-state index in [2.05, 4.69) is 0 Å². The van der Waals surface area contributed by atoms with E-state index in [0.717, 1.165) is 6.07 Å². The normalized spacial score (nSPS) is 12.4. The molecule has 2 N–H and O–H groups in total. The Hall–Kier alpha value is -1.61. The number of rotatable bonds is 4. The van der Waals surface area contributed by atoms with Crippen LogP contribution in [0.2, 0.25) is 0 Å². The molecule has 0 radical (unpaired) electrons. The van der Waals surface area contributed by atoms with Crippen molar-refractivity contribution in [3.63, 3.8) is 0 Å². The number of carbonyl (C=O) groups is 1. The van der Waals surface area contributed by atoms with Crippen molar-refractivity contribution in [3.05, 3.63) is 29.3 Å². The SMILES string of the molecule is Cc1ccc(C(=O)O)cc1S(=O)(=O)NCC(F)(F)F. The number of sulfonamides is 1. The van der Waals surface area contributed by atoms with E-state index in [4.69, 9.17) is 5.11 Å². The summed E-state index contributed by atoms with van der Waals surface area (Å²) in [6.07, 6.45) is -4.69. The highest BCUT2D eigenvalue weighted by atomic mass is 32.2. The minimum Gasteiger partial charge on any atom is -0.478 e. The Kier molecular flexibility index (Phi) is 4.21. The molecule has 1 aromatic rings. The molecule has 0 bridgehead atoms. The highest BCUT2D eigenvalue weighted by molar-refractivity contribution is 7.89. The van der Waals surface area contributed by atoms with Crippen LogP contribution in [0.3, 0.4) is 0 Å². The average molecular weight is 297 g/mol. The fraction of sp³-hybridized carbons (Fsp3) is 0.300. The van der Waals surface area contributed by atoms with E-state index >= 15 is 0 Å². The topological polar surface area (TPSA) is 83.5 Å². The quantitative estimate of drug-likeness (QED) is 0.883. The summed E-state index contributed by atoms with van der Waals surface area (Å²) in [5.41, 5.74) is -0.169. The lowest BCUT2D eigenvalue weighted by Gasteiger charge is -2.11. The summed E-state index contributed by atoms with van der Waals surface area (Å²) < 4.78 is 60.7. The van der Waals surface area contributed by atoms with Crippen LogP contribution in [0, 0.1) is 6.92 Å². The van der Waals surface area contributed by atoms with E-state index in [0.29, 0.717) is 0 Å². The lowest BCUT2D eigenvalue weighted by molar-refractivity contribution is -0.121. The first-order chi connectivity index (χ1) is 8.53. The maximum absolute atomic E-state index is 12.0. The number of nitrogens with one attached hydrogen (secondary N) is 1. The van der Waals surface area contributed by atoms with Gasteiger partial charge in [0.15, 0.2) is 0 Å². The zero-order valence-corrected chi connectivity index (χ0v) is 10.5. The zero-order chi connectivity index (χ0) is 14.8. The first-order valence-corrected chi connectivity index (χ1v) is 6.41. The van der Waals surface area contributed by atoms with E-state index in [1.807, 2.05) is 0 Å². The molecule has 0 aliphatic carbocycles. The Morgan fingerprint density at radius 2 is 1.95 bits per heavy atom. The largest absolute Gasteiger partial charge is 0.478 e. The molecule has 0 amide bonds. The first-order valence-electron chi connectivity index (χ1n) is 4.93. The highest BCUT2D eigenvalue weighted by Crippen LogP contribution is 2.19. The Morgan fingerprint density at radius 1 is 1.37 bits per heavy atom. The number of aryl methyl sites for hydroxylation is 1. The molecule has 0 fully saturated rings. The van der Waals surface area contributed by atoms with E-state index < -0.39 is 33.6 Å². The molecule has 1 rings (SSSR count). The van der Waals surface area contributed by atoms with E-state index in [1.54, 1.807) is 0 Å². The summed E-state index contributed by atoms with van der Waals surface area (Å²) >= 11 is 0. The molecule has 0 aromatic heterocycles. The molecule has 0 saturated heterocycles. The van der Waals surface area contributed by atoms with Crippen LogP contribution in [0.25, 0.3) is 0 Å². The van der Waals surface area contributed by atoms with Gasteiger partial charge in [-0.05, 0) is 24.6 Å². The molecule has 0 aliphatic rings. The molecule has 0 aliphatic heterocycles. The second kappa shape index (κ2) is 5.17. The summed E-state index contributed by atoms with van der Waals surface area (Å²) in [5.74, 6) is -1.37. The number of alkyl halides is 3. The van der Waals surface area contributed by atoms with Crippen LogP contribution in [0.5, 0.6) is 0 Å². The third-order valence-electron chi connectivity index (χ3n) is 2.19. The third kappa shape index (κ3) is 4.21. The van der Waals surface area contributed by atoms with Gasteiger partial charge in [0, 0.05) is 0 Å². The molecular weight excluding hydrogens is 287 g/mol. The number of halogens is 3. The average Bonchev–Trinajstić information content (AvgIpc) is 2.25. The van der Waals surface area contributed by atoms with Gasteiger partial charge in [-0.15, -0.1) is 0 Å². The molecule has 9 heteroatoms. The minimum absolute atomic E-state index is 0.152. The predicted molar refractivity (Wildman–Crippen MR) is 59.4 cm³/mol. The Balaban J connectivity index is 3.14. The summed E-state index contributed by atoms with van der Waals surface area (Å²) in [5, 5.41) is 8.73. The van der Waals surface area contributed by atoms with Gasteiger partial charge in [0.1, 0.15) is 6.54 Å². The summed E-state index contributed by atoms with van der Waals surface area (Å²) in [6.45, 7) is -0.361. The van der Waals surface area contributed by atoms with Crippen LogP contribution >= 0.6 is 0 Å². The Labute approximate surface area is 107 Å². The van der Waals surface area contributed by atoms with Gasteiger partial charge in [-0.1, -0.05) is 6.07 Å². The predicted octanol–water partition coefficient (Wildman–Crippen LogP) is 1.53. The van der Waals surface area contributed by atoms with Crippen molar-refractivity contribution in [2.75, 3.05) is 6.54 Å². The third-order valence-corrected chi connectivity index (χ3v) is 3.73. The lowest BCUT2D eigenvalue weighted by Crippen LogP contribution is -2.34. The van der Waals surface area contributed by atoms with Gasteiger partial charge in [0.25, 0.3) is 0 Å². The molecule has 0 spiro atoms. The van der Waals surface area contributed by atoms with E-state index in [9.17, 15) is 26.4 Å². The molecule has 0 unspecified atom stereocenters. The van der Waals surface area contributed by atoms with Crippen molar-refractivity contribution < 1.29 is 31.5 Å². The molecule has 5 nitrogen and oxygen atoms in total. The van der Waals surface area contributed by atoms with Crippen molar-refractivity contribution in [3.8, 4) is 0 Å². The highest BCUT2D eigenvalue weighted by Gasteiger charge is 2.30. The summed E-state index contributed by atoms with van der Waals surface area (Å²) in [6, 6.07) is 3.20. The van der Waals surface area contributed by atoms with Crippen molar-refractivity contribution in [1.29, 1.82) is 0 Å². The number of aromatic carboxylic acids is 1. The van der Waals surface area contributed by atoms with Gasteiger partial charge < -0.3 is 5.11 Å². The van der Waals surface area contributed by atoms with Crippen LogP contribution in [-0.4, -0.2) is 32.2 Å².